The highest BCUT2D eigenvalue weighted by Gasteiger charge is 2.33. The van der Waals surface area contributed by atoms with Gasteiger partial charge in [-0.1, -0.05) is 61.8 Å². The van der Waals surface area contributed by atoms with Gasteiger partial charge in [0.1, 0.15) is 24.2 Å². The van der Waals surface area contributed by atoms with Crippen LogP contribution in [0.3, 0.4) is 0 Å². The number of hydrogen-bond donors (Lipinski definition) is 1. The van der Waals surface area contributed by atoms with Crippen molar-refractivity contribution in [2.75, 3.05) is 24.5 Å². The fraction of sp³-hybridized carbons (Fsp3) is 0.310. The van der Waals surface area contributed by atoms with E-state index in [-0.39, 0.29) is 33.6 Å². The normalized spacial score (nSPS) is 12.1. The second kappa shape index (κ2) is 13.6. The maximum atomic E-state index is 14.6. The van der Waals surface area contributed by atoms with E-state index in [0.29, 0.717) is 12.3 Å². The fourth-order valence-electron chi connectivity index (χ4n) is 3.90. The van der Waals surface area contributed by atoms with Crippen molar-refractivity contribution >= 4 is 39.1 Å². The SMILES string of the molecule is COc1ccc(N(CC(=O)N(Cc2ccccc2F)[C@@H](C)C(=O)NCC(C)C)S(=O)(=O)c2ccccc2)cc1Cl. The number of rotatable bonds is 12. The molecule has 0 bridgehead atoms. The number of hydrogen-bond acceptors (Lipinski definition) is 5. The Balaban J connectivity index is 2.05. The van der Waals surface area contributed by atoms with E-state index in [9.17, 15) is 22.4 Å². The summed E-state index contributed by atoms with van der Waals surface area (Å²) in [7, 11) is -2.83. The number of carbonyl (C=O) groups is 2. The highest BCUT2D eigenvalue weighted by atomic mass is 35.5. The minimum absolute atomic E-state index is 0.0434. The molecule has 3 aromatic rings. The molecule has 1 N–H and O–H groups in total. The van der Waals surface area contributed by atoms with E-state index >= 15 is 0 Å². The van der Waals surface area contributed by atoms with Gasteiger partial charge in [-0.15, -0.1) is 0 Å². The second-order valence-corrected chi connectivity index (χ2v) is 11.8. The summed E-state index contributed by atoms with van der Waals surface area (Å²) in [5.41, 5.74) is 0.301. The fourth-order valence-corrected chi connectivity index (χ4v) is 5.58. The van der Waals surface area contributed by atoms with Gasteiger partial charge in [0.2, 0.25) is 11.8 Å². The molecule has 2 amide bonds. The number of carbonyl (C=O) groups excluding carboxylic acids is 2. The summed E-state index contributed by atoms with van der Waals surface area (Å²) >= 11 is 6.31. The number of amides is 2. The summed E-state index contributed by atoms with van der Waals surface area (Å²) < 4.78 is 48.3. The molecule has 0 fully saturated rings. The predicted molar refractivity (Wildman–Crippen MR) is 153 cm³/mol. The second-order valence-electron chi connectivity index (χ2n) is 9.57. The third-order valence-corrected chi connectivity index (χ3v) is 8.27. The van der Waals surface area contributed by atoms with Crippen LogP contribution in [0.1, 0.15) is 26.3 Å². The standard InChI is InChI=1S/C29H33ClFN3O5S/c1-20(2)17-32-29(36)21(3)33(18-22-10-8-9-13-26(22)31)28(35)19-34(23-14-15-27(39-4)25(30)16-23)40(37,38)24-11-6-5-7-12-24/h5-16,20-21H,17-19H2,1-4H3,(H,32,36)/t21-/m0/s1. The van der Waals surface area contributed by atoms with Gasteiger partial charge < -0.3 is 15.0 Å². The Hall–Kier alpha value is -3.63. The summed E-state index contributed by atoms with van der Waals surface area (Å²) in [6.45, 7) is 4.85. The molecule has 40 heavy (non-hydrogen) atoms. The van der Waals surface area contributed by atoms with Crippen molar-refractivity contribution in [3.05, 3.63) is 89.2 Å². The van der Waals surface area contributed by atoms with E-state index in [1.165, 1.54) is 67.5 Å². The number of nitrogens with one attached hydrogen (secondary N) is 1. The van der Waals surface area contributed by atoms with E-state index in [1.54, 1.807) is 24.3 Å². The lowest BCUT2D eigenvalue weighted by Gasteiger charge is -2.32. The van der Waals surface area contributed by atoms with Crippen LogP contribution in [0.5, 0.6) is 5.75 Å². The number of anilines is 1. The maximum absolute atomic E-state index is 14.6. The molecule has 3 aromatic carbocycles. The average Bonchev–Trinajstić information content (AvgIpc) is 2.94. The highest BCUT2D eigenvalue weighted by Crippen LogP contribution is 2.32. The van der Waals surface area contributed by atoms with E-state index in [2.05, 4.69) is 5.32 Å². The molecule has 0 saturated carbocycles. The zero-order chi connectivity index (χ0) is 29.4. The molecule has 0 saturated heterocycles. The first-order valence-corrected chi connectivity index (χ1v) is 14.5. The molecule has 0 aliphatic heterocycles. The largest absolute Gasteiger partial charge is 0.495 e. The first kappa shape index (κ1) is 30.9. The Labute approximate surface area is 239 Å². The summed E-state index contributed by atoms with van der Waals surface area (Å²) in [6.07, 6.45) is 0. The van der Waals surface area contributed by atoms with E-state index in [0.717, 1.165) is 4.31 Å². The Morgan fingerprint density at radius 1 is 1.00 bits per heavy atom. The van der Waals surface area contributed by atoms with Crippen LogP contribution in [-0.4, -0.2) is 51.4 Å². The van der Waals surface area contributed by atoms with Gasteiger partial charge in [0.15, 0.2) is 0 Å². The highest BCUT2D eigenvalue weighted by molar-refractivity contribution is 7.92. The van der Waals surface area contributed by atoms with Crippen LogP contribution in [0.2, 0.25) is 5.02 Å². The Bertz CT molecular complexity index is 1440. The molecule has 1 atom stereocenters. The van der Waals surface area contributed by atoms with Crippen LogP contribution >= 0.6 is 11.6 Å². The Kier molecular flexibility index (Phi) is 10.5. The molecule has 0 radical (unpaired) electrons. The number of sulfonamides is 1. The summed E-state index contributed by atoms with van der Waals surface area (Å²) in [6, 6.07) is 16.9. The average molecular weight is 590 g/mol. The van der Waals surface area contributed by atoms with Crippen molar-refractivity contribution in [1.82, 2.24) is 10.2 Å². The van der Waals surface area contributed by atoms with E-state index in [4.69, 9.17) is 16.3 Å². The molecule has 0 spiro atoms. The molecule has 214 valence electrons. The molecule has 0 aliphatic rings. The van der Waals surface area contributed by atoms with Crippen LogP contribution in [0.4, 0.5) is 10.1 Å². The van der Waals surface area contributed by atoms with Gasteiger partial charge in [-0.3, -0.25) is 13.9 Å². The molecular weight excluding hydrogens is 557 g/mol. The lowest BCUT2D eigenvalue weighted by Crippen LogP contribution is -2.51. The first-order valence-electron chi connectivity index (χ1n) is 12.7. The van der Waals surface area contributed by atoms with E-state index < -0.39 is 40.2 Å². The number of halogens is 2. The van der Waals surface area contributed by atoms with Gasteiger partial charge in [-0.25, -0.2) is 12.8 Å². The molecule has 11 heteroatoms. The van der Waals surface area contributed by atoms with Crippen molar-refractivity contribution in [1.29, 1.82) is 0 Å². The minimum atomic E-state index is -4.26. The van der Waals surface area contributed by atoms with Gasteiger partial charge in [0.25, 0.3) is 10.0 Å². The lowest BCUT2D eigenvalue weighted by atomic mass is 10.1. The van der Waals surface area contributed by atoms with Gasteiger partial charge in [0, 0.05) is 18.7 Å². The van der Waals surface area contributed by atoms with Gasteiger partial charge >= 0.3 is 0 Å². The Morgan fingerprint density at radius 3 is 2.25 bits per heavy atom. The maximum Gasteiger partial charge on any atom is 0.264 e. The summed E-state index contributed by atoms with van der Waals surface area (Å²) in [5, 5.41) is 2.93. The van der Waals surface area contributed by atoms with Crippen molar-refractivity contribution in [3.8, 4) is 5.75 Å². The monoisotopic (exact) mass is 589 g/mol. The van der Waals surface area contributed by atoms with Crippen molar-refractivity contribution in [2.45, 2.75) is 38.3 Å². The van der Waals surface area contributed by atoms with Crippen molar-refractivity contribution in [2.24, 2.45) is 5.92 Å². The molecule has 0 heterocycles. The zero-order valence-corrected chi connectivity index (χ0v) is 24.4. The minimum Gasteiger partial charge on any atom is -0.495 e. The molecule has 8 nitrogen and oxygen atoms in total. The van der Waals surface area contributed by atoms with Crippen LogP contribution < -0.4 is 14.4 Å². The van der Waals surface area contributed by atoms with Gasteiger partial charge in [-0.05, 0) is 49.2 Å². The molecule has 0 unspecified atom stereocenters. The zero-order valence-electron chi connectivity index (χ0n) is 22.8. The molecule has 0 aromatic heterocycles. The summed E-state index contributed by atoms with van der Waals surface area (Å²) in [5.74, 6) is -1.21. The van der Waals surface area contributed by atoms with Crippen molar-refractivity contribution < 1.29 is 27.1 Å². The number of methoxy groups -OCH3 is 1. The van der Waals surface area contributed by atoms with Gasteiger partial charge in [-0.2, -0.15) is 0 Å². The van der Waals surface area contributed by atoms with Crippen molar-refractivity contribution in [3.63, 3.8) is 0 Å². The topological polar surface area (TPSA) is 96.0 Å². The Morgan fingerprint density at radius 2 is 1.65 bits per heavy atom. The van der Waals surface area contributed by atoms with Crippen LogP contribution in [0, 0.1) is 11.7 Å². The van der Waals surface area contributed by atoms with Gasteiger partial charge in [0.05, 0.1) is 22.7 Å². The first-order chi connectivity index (χ1) is 18.9. The quantitative estimate of drug-likeness (QED) is 0.325. The molecular formula is C29H33ClFN3O5S. The summed E-state index contributed by atoms with van der Waals surface area (Å²) in [4.78, 5) is 28.0. The number of ether oxygens (including phenoxy) is 1. The number of nitrogens with zero attached hydrogens (tertiary/aromatic N) is 2. The lowest BCUT2D eigenvalue weighted by molar-refractivity contribution is -0.139. The third kappa shape index (κ3) is 7.51. The third-order valence-electron chi connectivity index (χ3n) is 6.18. The van der Waals surface area contributed by atoms with Crippen LogP contribution in [0.25, 0.3) is 0 Å². The van der Waals surface area contributed by atoms with E-state index in [1.807, 2.05) is 13.8 Å². The van der Waals surface area contributed by atoms with Crippen LogP contribution in [0.15, 0.2) is 77.7 Å². The smallest absolute Gasteiger partial charge is 0.264 e. The number of benzene rings is 3. The predicted octanol–water partition coefficient (Wildman–Crippen LogP) is 4.87. The molecule has 0 aliphatic carbocycles. The molecule has 3 rings (SSSR count). The van der Waals surface area contributed by atoms with Crippen LogP contribution in [-0.2, 0) is 26.2 Å².